The number of carbonyl (C=O) groups excluding carboxylic acids is 1. The van der Waals surface area contributed by atoms with Gasteiger partial charge in [0.2, 0.25) is 11.6 Å². The number of piperidine rings is 1. The van der Waals surface area contributed by atoms with Crippen molar-refractivity contribution in [3.8, 4) is 5.88 Å². The molecule has 0 aromatic carbocycles. The number of amides is 1. The van der Waals surface area contributed by atoms with Crippen LogP contribution < -0.4 is 4.74 Å². The largest absolute Gasteiger partial charge is 0.490 e. The third kappa shape index (κ3) is 6.46. The minimum absolute atomic E-state index is 0.0847. The van der Waals surface area contributed by atoms with Crippen molar-refractivity contribution in [3.05, 3.63) is 41.9 Å². The maximum atomic E-state index is 12.6. The summed E-state index contributed by atoms with van der Waals surface area (Å²) in [4.78, 5) is 27.5. The normalized spacial score (nSPS) is 19.4. The summed E-state index contributed by atoms with van der Waals surface area (Å²) in [6.45, 7) is 4.58. The second-order valence-electron chi connectivity index (χ2n) is 8.13. The van der Waals surface area contributed by atoms with E-state index in [1.54, 1.807) is 12.3 Å². The summed E-state index contributed by atoms with van der Waals surface area (Å²) >= 11 is 0. The fourth-order valence-corrected chi connectivity index (χ4v) is 4.19. The van der Waals surface area contributed by atoms with Crippen LogP contribution in [0.3, 0.4) is 0 Å². The molecule has 186 valence electrons. The molecule has 0 bridgehead atoms. The van der Waals surface area contributed by atoms with Crippen molar-refractivity contribution in [2.75, 3.05) is 26.3 Å². The summed E-state index contributed by atoms with van der Waals surface area (Å²) in [7, 11) is 0. The van der Waals surface area contributed by atoms with Gasteiger partial charge in [0.25, 0.3) is 5.91 Å². The van der Waals surface area contributed by atoms with E-state index in [1.807, 2.05) is 30.0 Å². The zero-order valence-electron chi connectivity index (χ0n) is 18.6. The number of carboxylic acids is 1. The van der Waals surface area contributed by atoms with Crippen molar-refractivity contribution in [3.63, 3.8) is 0 Å². The molecule has 2 aromatic rings. The first kappa shape index (κ1) is 25.5. The highest BCUT2D eigenvalue weighted by Gasteiger charge is 2.46. The van der Waals surface area contributed by atoms with Crippen LogP contribution in [-0.4, -0.2) is 70.1 Å². The number of alkyl halides is 3. The quantitative estimate of drug-likeness (QED) is 0.685. The Hall–Kier alpha value is -3.15. The van der Waals surface area contributed by atoms with Crippen molar-refractivity contribution in [2.45, 2.75) is 44.4 Å². The van der Waals surface area contributed by atoms with Gasteiger partial charge in [-0.25, -0.2) is 9.78 Å². The first-order chi connectivity index (χ1) is 16.1. The number of carbonyl (C=O) groups is 2. The number of aromatic nitrogens is 2. The molecule has 2 aliphatic heterocycles. The zero-order valence-corrected chi connectivity index (χ0v) is 18.6. The SMILES string of the molecule is Cc1cc(C(=O)N2CCC3(CC2)OCCC3CCOc2ccccn2)on1.O=C(O)C(F)(F)F. The van der Waals surface area contributed by atoms with Crippen LogP contribution in [0.4, 0.5) is 13.2 Å². The van der Waals surface area contributed by atoms with E-state index in [2.05, 4.69) is 10.1 Å². The molecule has 9 nitrogen and oxygen atoms in total. The van der Waals surface area contributed by atoms with Crippen LogP contribution in [0.25, 0.3) is 0 Å². The molecule has 1 spiro atoms. The van der Waals surface area contributed by atoms with Gasteiger partial charge < -0.3 is 24.0 Å². The standard InChI is InChI=1S/C20H25N3O4.C2HF3O2/c1-15-14-17(27-22-15)19(24)23-10-7-20(8-11-23)16(6-13-26-20)5-12-25-18-4-2-3-9-21-18;3-2(4,5)1(6)7/h2-4,9,14,16H,5-8,10-13H2,1H3;(H,6,7). The average Bonchev–Trinajstić information content (AvgIpc) is 3.41. The van der Waals surface area contributed by atoms with Crippen LogP contribution in [0.1, 0.15) is 41.9 Å². The fraction of sp³-hybridized carbons (Fsp3) is 0.545. The molecule has 0 radical (unpaired) electrons. The molecule has 2 aliphatic rings. The lowest BCUT2D eigenvalue weighted by atomic mass is 9.78. The van der Waals surface area contributed by atoms with Gasteiger partial charge in [-0.05, 0) is 44.6 Å². The number of aliphatic carboxylic acids is 1. The van der Waals surface area contributed by atoms with E-state index in [0.29, 0.717) is 37.3 Å². The number of carboxylic acid groups (broad SMARTS) is 1. The summed E-state index contributed by atoms with van der Waals surface area (Å²) in [6, 6.07) is 7.36. The van der Waals surface area contributed by atoms with Gasteiger partial charge >= 0.3 is 12.1 Å². The highest BCUT2D eigenvalue weighted by atomic mass is 19.4. The van der Waals surface area contributed by atoms with Crippen LogP contribution in [0, 0.1) is 12.8 Å². The van der Waals surface area contributed by atoms with E-state index in [-0.39, 0.29) is 11.5 Å². The van der Waals surface area contributed by atoms with Crippen LogP contribution in [-0.2, 0) is 9.53 Å². The van der Waals surface area contributed by atoms with Crippen LogP contribution in [0.15, 0.2) is 35.0 Å². The van der Waals surface area contributed by atoms with Gasteiger partial charge in [0.1, 0.15) is 0 Å². The lowest BCUT2D eigenvalue weighted by Crippen LogP contribution is -2.49. The van der Waals surface area contributed by atoms with Crippen molar-refractivity contribution in [1.29, 1.82) is 0 Å². The Kier molecular flexibility index (Phi) is 8.13. The van der Waals surface area contributed by atoms with Gasteiger partial charge in [0.15, 0.2) is 0 Å². The molecular formula is C22H26F3N3O6. The number of ether oxygens (including phenoxy) is 2. The zero-order chi connectivity index (χ0) is 24.8. The van der Waals surface area contributed by atoms with Crippen LogP contribution in [0.2, 0.25) is 0 Å². The molecule has 1 amide bonds. The molecule has 1 atom stereocenters. The first-order valence-electron chi connectivity index (χ1n) is 10.8. The molecule has 4 rings (SSSR count). The minimum Gasteiger partial charge on any atom is -0.478 e. The van der Waals surface area contributed by atoms with Crippen LogP contribution >= 0.6 is 0 Å². The molecule has 0 saturated carbocycles. The highest BCUT2D eigenvalue weighted by molar-refractivity contribution is 5.91. The van der Waals surface area contributed by atoms with Crippen molar-refractivity contribution < 1.29 is 41.9 Å². The number of hydrogen-bond acceptors (Lipinski definition) is 7. The van der Waals surface area contributed by atoms with Gasteiger partial charge in [-0.1, -0.05) is 11.2 Å². The second kappa shape index (κ2) is 10.9. The average molecular weight is 485 g/mol. The molecule has 2 saturated heterocycles. The smallest absolute Gasteiger partial charge is 0.478 e. The van der Waals surface area contributed by atoms with Crippen molar-refractivity contribution in [2.24, 2.45) is 5.92 Å². The van der Waals surface area contributed by atoms with Gasteiger partial charge in [-0.2, -0.15) is 13.2 Å². The summed E-state index contributed by atoms with van der Waals surface area (Å²) in [5, 5.41) is 10.9. The van der Waals surface area contributed by atoms with E-state index >= 15 is 0 Å². The number of aryl methyl sites for hydroxylation is 1. The second-order valence-corrected chi connectivity index (χ2v) is 8.13. The lowest BCUT2D eigenvalue weighted by Gasteiger charge is -2.42. The van der Waals surface area contributed by atoms with Crippen LogP contribution in [0.5, 0.6) is 5.88 Å². The molecule has 1 N–H and O–H groups in total. The molecule has 1 unspecified atom stereocenters. The first-order valence-corrected chi connectivity index (χ1v) is 10.8. The molecule has 34 heavy (non-hydrogen) atoms. The van der Waals surface area contributed by atoms with Gasteiger partial charge in [-0.15, -0.1) is 0 Å². The van der Waals surface area contributed by atoms with Gasteiger partial charge in [-0.3, -0.25) is 4.79 Å². The Morgan fingerprint density at radius 2 is 2.00 bits per heavy atom. The molecule has 12 heteroatoms. The number of hydrogen-bond donors (Lipinski definition) is 1. The molecule has 0 aliphatic carbocycles. The van der Waals surface area contributed by atoms with Crippen molar-refractivity contribution in [1.82, 2.24) is 15.0 Å². The molecule has 2 fully saturated rings. The molecule has 2 aromatic heterocycles. The summed E-state index contributed by atoms with van der Waals surface area (Å²) < 4.78 is 48.8. The number of pyridine rings is 1. The maximum absolute atomic E-state index is 12.6. The van der Waals surface area contributed by atoms with E-state index in [9.17, 15) is 18.0 Å². The van der Waals surface area contributed by atoms with E-state index in [0.717, 1.165) is 38.0 Å². The topological polar surface area (TPSA) is 115 Å². The van der Waals surface area contributed by atoms with E-state index in [4.69, 9.17) is 23.9 Å². The Balaban J connectivity index is 0.000000406. The number of nitrogens with zero attached hydrogens (tertiary/aromatic N) is 3. The Bertz CT molecular complexity index is 958. The minimum atomic E-state index is -5.08. The summed E-state index contributed by atoms with van der Waals surface area (Å²) in [6.07, 6.45) is 0.325. The van der Waals surface area contributed by atoms with Gasteiger partial charge in [0.05, 0.1) is 17.9 Å². The lowest BCUT2D eigenvalue weighted by molar-refractivity contribution is -0.192. The maximum Gasteiger partial charge on any atom is 0.490 e. The Morgan fingerprint density at radius 1 is 1.29 bits per heavy atom. The highest BCUT2D eigenvalue weighted by Crippen LogP contribution is 2.42. The summed E-state index contributed by atoms with van der Waals surface area (Å²) in [5.74, 6) is -1.42. The third-order valence-corrected chi connectivity index (χ3v) is 5.93. The predicted molar refractivity (Wildman–Crippen MR) is 111 cm³/mol. The Morgan fingerprint density at radius 3 is 2.56 bits per heavy atom. The van der Waals surface area contributed by atoms with Gasteiger partial charge in [0, 0.05) is 38.0 Å². The molecule has 4 heterocycles. The summed E-state index contributed by atoms with van der Waals surface area (Å²) in [5.41, 5.74) is 0.584. The third-order valence-electron chi connectivity index (χ3n) is 5.93. The fourth-order valence-electron chi connectivity index (χ4n) is 4.19. The number of likely N-dealkylation sites (tertiary alicyclic amines) is 1. The predicted octanol–water partition coefficient (Wildman–Crippen LogP) is 3.49. The Labute approximate surface area is 193 Å². The monoisotopic (exact) mass is 485 g/mol. The molecular weight excluding hydrogens is 459 g/mol. The number of halogens is 3. The van der Waals surface area contributed by atoms with E-state index in [1.165, 1.54) is 0 Å². The van der Waals surface area contributed by atoms with Crippen molar-refractivity contribution >= 4 is 11.9 Å². The van der Waals surface area contributed by atoms with E-state index < -0.39 is 12.1 Å². The number of rotatable bonds is 5.